The van der Waals surface area contributed by atoms with E-state index in [0.717, 1.165) is 5.56 Å². The third-order valence-electron chi connectivity index (χ3n) is 10.3. The molecule has 2 aromatic heterocycles. The number of aromatic hydroxyl groups is 1. The number of benzene rings is 5. The molecule has 0 spiro atoms. The second-order valence-corrected chi connectivity index (χ2v) is 16.9. The number of ether oxygens (including phenoxy) is 5. The Hall–Kier alpha value is -7.49. The zero-order valence-corrected chi connectivity index (χ0v) is 35.5. The Labute approximate surface area is 375 Å². The summed E-state index contributed by atoms with van der Waals surface area (Å²) in [5, 5.41) is 61.5. The molecule has 6 atom stereocenters. The van der Waals surface area contributed by atoms with Crippen molar-refractivity contribution in [1.29, 1.82) is 0 Å². The topological polar surface area (TPSA) is 273 Å². The first kappa shape index (κ1) is 45.1. The maximum Gasteiger partial charge on any atom is 0.415 e. The molecule has 1 amide bonds. The highest BCUT2D eigenvalue weighted by molar-refractivity contribution is 7.91. The minimum absolute atomic E-state index is 0.109. The second kappa shape index (κ2) is 19.3. The number of hydrogen-bond donors (Lipinski definition) is 5. The number of phenolic OH excluding ortho intramolecular Hbond substituents is 1. The average molecular weight is 924 g/mol. The van der Waals surface area contributed by atoms with E-state index in [2.05, 4.69) is 15.1 Å². The fraction of sp³-hybridized carbons (Fsp3) is 0.217. The monoisotopic (exact) mass is 923 g/mol. The minimum atomic E-state index is -4.45. The average Bonchev–Trinajstić information content (AvgIpc) is 3.70. The molecule has 5 N–H and O–H groups in total. The van der Waals surface area contributed by atoms with E-state index >= 15 is 0 Å². The van der Waals surface area contributed by atoms with Crippen LogP contribution in [0.4, 0.5) is 0 Å². The van der Waals surface area contributed by atoms with Gasteiger partial charge in [0.15, 0.2) is 23.0 Å². The van der Waals surface area contributed by atoms with Crippen molar-refractivity contribution >= 4 is 26.7 Å². The number of aliphatic hydroxyl groups excluding tert-OH is 3. The highest BCUT2D eigenvalue weighted by Crippen LogP contribution is 2.44. The van der Waals surface area contributed by atoms with Gasteiger partial charge in [-0.1, -0.05) is 78.9 Å². The van der Waals surface area contributed by atoms with Crippen LogP contribution in [0.5, 0.6) is 28.9 Å². The van der Waals surface area contributed by atoms with Crippen LogP contribution < -0.4 is 34.6 Å². The quantitative estimate of drug-likeness (QED) is 0.0867. The SMILES string of the molecule is CC(CNC(=O)[C@H]1O[C@@H](Oc2cc3oc(-c4ccc(OCc5ccccc5)cc4)cc(=O)c3c(O)c2OCc2ccccc2)[C@H](O)[C@@H](O)[C@@H]1O)Oc1no[n+]([O-])c1S(=O)(=O)c1ccccc1. The number of rotatable bonds is 16. The number of nitrogens with zero attached hydrogens (tertiary/aromatic N) is 2. The number of fused-ring (bicyclic) bond motifs is 1. The number of aromatic nitrogens is 2. The Balaban J connectivity index is 1.02. The summed E-state index contributed by atoms with van der Waals surface area (Å²) in [7, 11) is -4.45. The lowest BCUT2D eigenvalue weighted by Gasteiger charge is -2.39. The normalized spacial score (nSPS) is 18.9. The lowest BCUT2D eigenvalue weighted by Crippen LogP contribution is -2.63. The summed E-state index contributed by atoms with van der Waals surface area (Å²) in [5.74, 6) is -2.48. The van der Waals surface area contributed by atoms with Crippen LogP contribution in [0.25, 0.3) is 22.3 Å². The smallest absolute Gasteiger partial charge is 0.415 e. The van der Waals surface area contributed by atoms with Crippen LogP contribution >= 0.6 is 0 Å². The van der Waals surface area contributed by atoms with Gasteiger partial charge in [-0.05, 0) is 59.4 Å². The maximum atomic E-state index is 13.7. The van der Waals surface area contributed by atoms with Crippen molar-refractivity contribution in [2.24, 2.45) is 0 Å². The van der Waals surface area contributed by atoms with Gasteiger partial charge in [-0.3, -0.25) is 14.2 Å². The fourth-order valence-electron chi connectivity index (χ4n) is 6.91. The molecule has 1 aliphatic rings. The van der Waals surface area contributed by atoms with Gasteiger partial charge < -0.3 is 59.1 Å². The molecule has 66 heavy (non-hydrogen) atoms. The molecule has 5 aromatic carbocycles. The first-order chi connectivity index (χ1) is 31.8. The van der Waals surface area contributed by atoms with Crippen molar-refractivity contribution in [1.82, 2.24) is 10.5 Å². The van der Waals surface area contributed by atoms with Gasteiger partial charge in [-0.2, -0.15) is 0 Å². The number of hydrogen-bond acceptors (Lipinski definition) is 17. The zero-order chi connectivity index (χ0) is 46.5. The van der Waals surface area contributed by atoms with Crippen molar-refractivity contribution in [3.63, 3.8) is 0 Å². The summed E-state index contributed by atoms with van der Waals surface area (Å²) in [6.45, 7) is 1.20. The number of sulfone groups is 1. The molecular weight excluding hydrogens is 883 g/mol. The summed E-state index contributed by atoms with van der Waals surface area (Å²) in [6, 6.07) is 34.5. The summed E-state index contributed by atoms with van der Waals surface area (Å²) in [6.07, 6.45) is -10.9. The summed E-state index contributed by atoms with van der Waals surface area (Å²) in [5.41, 5.74) is 1.30. The van der Waals surface area contributed by atoms with Crippen molar-refractivity contribution in [2.45, 2.75) is 66.9 Å². The van der Waals surface area contributed by atoms with E-state index in [9.17, 15) is 43.6 Å². The number of phenols is 1. The Kier molecular flexibility index (Phi) is 13.2. The van der Waals surface area contributed by atoms with Gasteiger partial charge in [0.05, 0.1) is 16.6 Å². The highest BCUT2D eigenvalue weighted by Gasteiger charge is 2.48. The third-order valence-corrected chi connectivity index (χ3v) is 12.1. The maximum absolute atomic E-state index is 13.7. The van der Waals surface area contributed by atoms with E-state index in [4.69, 9.17) is 28.1 Å². The fourth-order valence-corrected chi connectivity index (χ4v) is 8.19. The molecule has 1 fully saturated rings. The number of carbonyl (C=O) groups excluding carboxylic acids is 1. The number of aliphatic hydroxyl groups is 3. The van der Waals surface area contributed by atoms with Crippen molar-refractivity contribution < 1.29 is 71.3 Å². The van der Waals surface area contributed by atoms with Crippen molar-refractivity contribution in [3.8, 4) is 40.2 Å². The Morgan fingerprint density at radius 1 is 0.848 bits per heavy atom. The molecule has 342 valence electrons. The number of amides is 1. The van der Waals surface area contributed by atoms with Crippen LogP contribution in [0.2, 0.25) is 0 Å². The van der Waals surface area contributed by atoms with E-state index < -0.39 is 81.2 Å². The van der Waals surface area contributed by atoms with Crippen LogP contribution in [0, 0.1) is 5.21 Å². The van der Waals surface area contributed by atoms with Crippen LogP contribution in [0.15, 0.2) is 151 Å². The third kappa shape index (κ3) is 9.62. The number of carbonyl (C=O) groups is 1. The standard InChI is InChI=1S/C46H41N3O16S/c1-26(61-44-45(49(56)65-48-44)66(57,58)31-15-9-4-10-16-31)23-47-43(55)42-39(53)38(52)40(54)46(64-42)63-35-22-34-36(37(51)41(35)60-25-28-13-7-3-8-14-28)32(50)21-33(62-34)29-17-19-30(20-18-29)59-24-27-11-5-2-6-12-27/h2-22,26,38-40,42,46,51-54H,23-25H2,1H3,(H,47,55)/t26?,38-,39-,40+,42-,46+/m0/s1. The van der Waals surface area contributed by atoms with Crippen LogP contribution in [0.1, 0.15) is 18.1 Å². The Morgan fingerprint density at radius 2 is 1.47 bits per heavy atom. The molecule has 0 radical (unpaired) electrons. The highest BCUT2D eigenvalue weighted by atomic mass is 32.2. The molecule has 8 rings (SSSR count). The largest absolute Gasteiger partial charge is 0.504 e. The van der Waals surface area contributed by atoms with Gasteiger partial charge >= 0.3 is 10.9 Å². The molecule has 3 heterocycles. The van der Waals surface area contributed by atoms with E-state index in [0.29, 0.717) is 23.5 Å². The molecular formula is C46H41N3O16S. The predicted octanol–water partition coefficient (Wildman–Crippen LogP) is 3.55. The summed E-state index contributed by atoms with van der Waals surface area (Å²) in [4.78, 5) is 26.6. The molecule has 1 unspecified atom stereocenters. The second-order valence-electron chi connectivity index (χ2n) is 15.0. The molecule has 20 heteroatoms. The molecule has 0 aliphatic carbocycles. The van der Waals surface area contributed by atoms with E-state index in [-0.39, 0.29) is 44.6 Å². The molecule has 19 nitrogen and oxygen atoms in total. The zero-order valence-electron chi connectivity index (χ0n) is 34.7. The van der Waals surface area contributed by atoms with E-state index in [1.165, 1.54) is 43.3 Å². The molecule has 0 saturated carbocycles. The summed E-state index contributed by atoms with van der Waals surface area (Å²) >= 11 is 0. The first-order valence-electron chi connectivity index (χ1n) is 20.3. The van der Waals surface area contributed by atoms with Crippen LogP contribution in [-0.2, 0) is 32.6 Å². The van der Waals surface area contributed by atoms with Crippen LogP contribution in [-0.4, -0.2) is 83.3 Å². The predicted molar refractivity (Wildman–Crippen MR) is 229 cm³/mol. The molecule has 7 aromatic rings. The Morgan fingerprint density at radius 3 is 2.12 bits per heavy atom. The minimum Gasteiger partial charge on any atom is -0.504 e. The van der Waals surface area contributed by atoms with Gasteiger partial charge in [0.1, 0.15) is 60.1 Å². The lowest BCUT2D eigenvalue weighted by atomic mass is 9.98. The van der Waals surface area contributed by atoms with Gasteiger partial charge in [-0.15, -0.1) is 0 Å². The molecule has 1 saturated heterocycles. The van der Waals surface area contributed by atoms with E-state index in [1.54, 1.807) is 60.7 Å². The van der Waals surface area contributed by atoms with Crippen molar-refractivity contribution in [3.05, 3.63) is 154 Å². The van der Waals surface area contributed by atoms with Gasteiger partial charge in [0.2, 0.25) is 12.0 Å². The van der Waals surface area contributed by atoms with Gasteiger partial charge in [-0.25, -0.2) is 8.42 Å². The summed E-state index contributed by atoms with van der Waals surface area (Å²) < 4.78 is 66.2. The van der Waals surface area contributed by atoms with E-state index in [1.807, 2.05) is 30.3 Å². The molecule has 0 bridgehead atoms. The van der Waals surface area contributed by atoms with Gasteiger partial charge in [0, 0.05) is 17.7 Å². The van der Waals surface area contributed by atoms with Gasteiger partial charge in [0.25, 0.3) is 15.7 Å². The van der Waals surface area contributed by atoms with Crippen molar-refractivity contribution in [2.75, 3.05) is 6.54 Å². The Bertz CT molecular complexity index is 2970. The van der Waals surface area contributed by atoms with Crippen LogP contribution in [0.3, 0.4) is 0 Å². The first-order valence-corrected chi connectivity index (χ1v) is 21.7. The number of nitrogens with one attached hydrogen (secondary N) is 1. The lowest BCUT2D eigenvalue weighted by molar-refractivity contribution is -0.832. The molecule has 1 aliphatic heterocycles.